The van der Waals surface area contributed by atoms with Gasteiger partial charge in [0.1, 0.15) is 18.0 Å². The van der Waals surface area contributed by atoms with Crippen LogP contribution in [0, 0.1) is 3.57 Å². The number of anilines is 1. The summed E-state index contributed by atoms with van der Waals surface area (Å²) in [4.78, 5) is 23.2. The molecule has 3 N–H and O–H groups in total. The number of amides is 1. The van der Waals surface area contributed by atoms with Gasteiger partial charge in [0.15, 0.2) is 0 Å². The zero-order chi connectivity index (χ0) is 18.5. The summed E-state index contributed by atoms with van der Waals surface area (Å²) >= 11 is 8.01. The molecule has 0 heterocycles. The number of benzene rings is 1. The standard InChI is InChI=1S/C15H20ClIN2O5/c1-15(2,3)24-14(21)19-5-6-23-9-7-8(13(20)22-4)10(16)11(17)12(9)18/h7H,5-6,18H2,1-4H3,(H,19,21). The van der Waals surface area contributed by atoms with Crippen molar-refractivity contribution < 1.29 is 23.8 Å². The second-order valence-corrected chi connectivity index (χ2v) is 7.19. The number of alkyl carbamates (subject to hydrolysis) is 1. The molecule has 0 atom stereocenters. The highest BCUT2D eigenvalue weighted by molar-refractivity contribution is 14.1. The van der Waals surface area contributed by atoms with E-state index in [1.807, 2.05) is 22.6 Å². The molecule has 0 bridgehead atoms. The molecule has 1 amide bonds. The lowest BCUT2D eigenvalue weighted by atomic mass is 10.2. The van der Waals surface area contributed by atoms with Gasteiger partial charge in [-0.05, 0) is 49.4 Å². The van der Waals surface area contributed by atoms with Crippen LogP contribution in [0.2, 0.25) is 5.02 Å². The van der Waals surface area contributed by atoms with Gasteiger partial charge in [0.05, 0.1) is 33.5 Å². The molecule has 0 spiro atoms. The van der Waals surface area contributed by atoms with Crippen LogP contribution in [0.3, 0.4) is 0 Å². The van der Waals surface area contributed by atoms with Gasteiger partial charge in [0.25, 0.3) is 0 Å². The van der Waals surface area contributed by atoms with E-state index < -0.39 is 17.7 Å². The van der Waals surface area contributed by atoms with Gasteiger partial charge in [-0.3, -0.25) is 0 Å². The number of hydrogen-bond acceptors (Lipinski definition) is 6. The van der Waals surface area contributed by atoms with E-state index in [0.29, 0.717) is 9.26 Å². The van der Waals surface area contributed by atoms with Gasteiger partial charge in [0.2, 0.25) is 0 Å². The molecular formula is C15H20ClIN2O5. The quantitative estimate of drug-likeness (QED) is 0.297. The van der Waals surface area contributed by atoms with Crippen molar-refractivity contribution in [2.75, 3.05) is 26.0 Å². The van der Waals surface area contributed by atoms with Crippen molar-refractivity contribution in [3.63, 3.8) is 0 Å². The average Bonchev–Trinajstić information content (AvgIpc) is 2.48. The average molecular weight is 471 g/mol. The normalized spacial score (nSPS) is 10.9. The number of hydrogen-bond donors (Lipinski definition) is 2. The predicted octanol–water partition coefficient (Wildman–Crippen LogP) is 3.22. The molecule has 0 fully saturated rings. The number of nitrogens with one attached hydrogen (secondary N) is 1. The SMILES string of the molecule is COC(=O)c1cc(OCCNC(=O)OC(C)(C)C)c(N)c(I)c1Cl. The Kier molecular flexibility index (Phi) is 7.40. The molecule has 0 saturated carbocycles. The third-order valence-electron chi connectivity index (χ3n) is 2.64. The summed E-state index contributed by atoms with van der Waals surface area (Å²) in [5, 5.41) is 2.76. The first kappa shape index (κ1) is 20.6. The molecule has 7 nitrogen and oxygen atoms in total. The first-order valence-electron chi connectivity index (χ1n) is 7.02. The molecule has 0 aliphatic heterocycles. The van der Waals surface area contributed by atoms with Crippen molar-refractivity contribution in [2.24, 2.45) is 0 Å². The van der Waals surface area contributed by atoms with Crippen LogP contribution < -0.4 is 15.8 Å². The largest absolute Gasteiger partial charge is 0.490 e. The molecule has 1 aromatic rings. The van der Waals surface area contributed by atoms with E-state index in [9.17, 15) is 9.59 Å². The van der Waals surface area contributed by atoms with Crippen molar-refractivity contribution in [2.45, 2.75) is 26.4 Å². The summed E-state index contributed by atoms with van der Waals surface area (Å²) < 4.78 is 15.8. The van der Waals surface area contributed by atoms with Crippen LogP contribution in [0.25, 0.3) is 0 Å². The van der Waals surface area contributed by atoms with Crippen molar-refractivity contribution in [1.29, 1.82) is 0 Å². The van der Waals surface area contributed by atoms with Crippen LogP contribution >= 0.6 is 34.2 Å². The van der Waals surface area contributed by atoms with Crippen LogP contribution in [-0.2, 0) is 9.47 Å². The van der Waals surface area contributed by atoms with Crippen LogP contribution in [0.4, 0.5) is 10.5 Å². The predicted molar refractivity (Wildman–Crippen MR) is 99.7 cm³/mol. The molecule has 0 aliphatic rings. The summed E-state index contributed by atoms with van der Waals surface area (Å²) in [5.41, 5.74) is 5.84. The Balaban J connectivity index is 2.70. The number of carbonyl (C=O) groups excluding carboxylic acids is 2. The van der Waals surface area contributed by atoms with Crippen molar-refractivity contribution in [3.8, 4) is 5.75 Å². The van der Waals surface area contributed by atoms with E-state index in [2.05, 4.69) is 10.1 Å². The number of methoxy groups -OCH3 is 1. The maximum atomic E-state index is 11.7. The van der Waals surface area contributed by atoms with Crippen molar-refractivity contribution >= 4 is 51.9 Å². The van der Waals surface area contributed by atoms with Crippen LogP contribution in [-0.4, -0.2) is 37.9 Å². The minimum absolute atomic E-state index is 0.141. The fourth-order valence-electron chi connectivity index (χ4n) is 1.62. The Bertz CT molecular complexity index is 631. The van der Waals surface area contributed by atoms with Crippen molar-refractivity contribution in [3.05, 3.63) is 20.2 Å². The molecular weight excluding hydrogens is 451 g/mol. The Hall–Kier alpha value is -1.42. The lowest BCUT2D eigenvalue weighted by Gasteiger charge is -2.19. The highest BCUT2D eigenvalue weighted by atomic mass is 127. The van der Waals surface area contributed by atoms with Crippen LogP contribution in [0.5, 0.6) is 5.75 Å². The Labute approximate surface area is 159 Å². The second kappa shape index (κ2) is 8.61. The highest BCUT2D eigenvalue weighted by Crippen LogP contribution is 2.36. The number of ether oxygens (including phenoxy) is 3. The minimum Gasteiger partial charge on any atom is -0.490 e. The summed E-state index contributed by atoms with van der Waals surface area (Å²) in [6.07, 6.45) is -0.542. The third kappa shape index (κ3) is 5.90. The van der Waals surface area contributed by atoms with Gasteiger partial charge in [0, 0.05) is 0 Å². The Morgan fingerprint density at radius 2 is 2.00 bits per heavy atom. The highest BCUT2D eigenvalue weighted by Gasteiger charge is 2.20. The first-order valence-corrected chi connectivity index (χ1v) is 8.48. The molecule has 1 aromatic carbocycles. The molecule has 9 heteroatoms. The van der Waals surface area contributed by atoms with E-state index in [0.717, 1.165) is 0 Å². The van der Waals surface area contributed by atoms with Gasteiger partial charge < -0.3 is 25.3 Å². The minimum atomic E-state index is -0.588. The fourth-order valence-corrected chi connectivity index (χ4v) is 2.41. The third-order valence-corrected chi connectivity index (χ3v) is 4.47. The summed E-state index contributed by atoms with van der Waals surface area (Å²) in [6.45, 7) is 5.66. The zero-order valence-corrected chi connectivity index (χ0v) is 16.8. The number of carbonyl (C=O) groups is 2. The molecule has 0 unspecified atom stereocenters. The molecule has 1 rings (SSSR count). The molecule has 24 heavy (non-hydrogen) atoms. The topological polar surface area (TPSA) is 99.9 Å². The lowest BCUT2D eigenvalue weighted by Crippen LogP contribution is -2.34. The number of nitrogens with two attached hydrogens (primary N) is 1. The van der Waals surface area contributed by atoms with Crippen molar-refractivity contribution in [1.82, 2.24) is 5.32 Å². The Morgan fingerprint density at radius 3 is 2.54 bits per heavy atom. The van der Waals surface area contributed by atoms with Crippen LogP contribution in [0.15, 0.2) is 6.07 Å². The zero-order valence-electron chi connectivity index (χ0n) is 13.9. The number of halogens is 2. The second-order valence-electron chi connectivity index (χ2n) is 5.73. The van der Waals surface area contributed by atoms with E-state index >= 15 is 0 Å². The number of esters is 1. The Morgan fingerprint density at radius 1 is 1.38 bits per heavy atom. The fraction of sp³-hybridized carbons (Fsp3) is 0.467. The maximum Gasteiger partial charge on any atom is 0.407 e. The van der Waals surface area contributed by atoms with Gasteiger partial charge in [-0.25, -0.2) is 9.59 Å². The van der Waals surface area contributed by atoms with E-state index in [1.54, 1.807) is 20.8 Å². The molecule has 0 aliphatic carbocycles. The summed E-state index contributed by atoms with van der Waals surface area (Å²) in [5.74, 6) is -0.301. The van der Waals surface area contributed by atoms with E-state index in [1.165, 1.54) is 13.2 Å². The number of nitrogen functional groups attached to an aromatic ring is 1. The molecule has 134 valence electrons. The molecule has 0 saturated heterocycles. The van der Waals surface area contributed by atoms with Gasteiger partial charge in [-0.15, -0.1) is 0 Å². The monoisotopic (exact) mass is 470 g/mol. The van der Waals surface area contributed by atoms with Gasteiger partial charge >= 0.3 is 12.1 Å². The summed E-state index contributed by atoms with van der Waals surface area (Å²) in [6, 6.07) is 1.42. The molecule has 0 radical (unpaired) electrons. The number of rotatable bonds is 5. The maximum absolute atomic E-state index is 11.7. The van der Waals surface area contributed by atoms with Crippen LogP contribution in [0.1, 0.15) is 31.1 Å². The smallest absolute Gasteiger partial charge is 0.407 e. The van der Waals surface area contributed by atoms with Gasteiger partial charge in [-0.1, -0.05) is 11.6 Å². The van der Waals surface area contributed by atoms with E-state index in [4.69, 9.17) is 26.8 Å². The molecule has 0 aromatic heterocycles. The lowest BCUT2D eigenvalue weighted by molar-refractivity contribution is 0.0519. The van der Waals surface area contributed by atoms with E-state index in [-0.39, 0.29) is 29.5 Å². The summed E-state index contributed by atoms with van der Waals surface area (Å²) in [7, 11) is 1.26. The first-order chi connectivity index (χ1) is 11.1. The van der Waals surface area contributed by atoms with Gasteiger partial charge in [-0.2, -0.15) is 0 Å².